The molecule has 112 valence electrons. The second kappa shape index (κ2) is 5.65. The van der Waals surface area contributed by atoms with E-state index in [1.54, 1.807) is 13.8 Å². The van der Waals surface area contributed by atoms with Crippen LogP contribution in [0, 0.1) is 6.92 Å². The van der Waals surface area contributed by atoms with Gasteiger partial charge in [0.05, 0.1) is 10.5 Å². The Morgan fingerprint density at radius 2 is 2.05 bits per heavy atom. The Morgan fingerprint density at radius 3 is 2.57 bits per heavy atom. The summed E-state index contributed by atoms with van der Waals surface area (Å²) in [5.74, 6) is -1.55. The summed E-state index contributed by atoms with van der Waals surface area (Å²) in [6.07, 6.45) is 0.477. The van der Waals surface area contributed by atoms with E-state index in [9.17, 15) is 13.2 Å². The Hall–Kier alpha value is -2.22. The lowest BCUT2D eigenvalue weighted by atomic mass is 10.1. The predicted octanol–water partition coefficient (Wildman–Crippen LogP) is 1.61. The summed E-state index contributed by atoms with van der Waals surface area (Å²) in [6.45, 7) is 3.40. The molecule has 1 aromatic heterocycles. The number of hydrogen-bond donors (Lipinski definition) is 1. The summed E-state index contributed by atoms with van der Waals surface area (Å²) < 4.78 is 29.5. The molecule has 1 heterocycles. The van der Waals surface area contributed by atoms with Gasteiger partial charge in [-0.1, -0.05) is 23.3 Å². The molecule has 0 unspecified atom stereocenters. The highest BCUT2D eigenvalue weighted by Crippen LogP contribution is 2.23. The molecule has 8 heteroatoms. The Labute approximate surface area is 121 Å². The van der Waals surface area contributed by atoms with Crippen molar-refractivity contribution in [3.8, 4) is 0 Å². The van der Waals surface area contributed by atoms with Crippen LogP contribution in [0.2, 0.25) is 0 Å². The van der Waals surface area contributed by atoms with Crippen LogP contribution in [0.4, 0.5) is 0 Å². The van der Waals surface area contributed by atoms with Crippen LogP contribution >= 0.6 is 0 Å². The van der Waals surface area contributed by atoms with E-state index in [1.807, 2.05) is 0 Å². The lowest BCUT2D eigenvalue weighted by molar-refractivity contribution is 0.0696. The minimum absolute atomic E-state index is 0.00676. The first kappa shape index (κ1) is 15.2. The number of benzene rings is 1. The standard InChI is InChI=1S/C13H14N2O5S/c1-3-9-4-5-10(13(16)17)6-12(9)21(18,19)7-11-8(2)14-20-15-11/h4-6H,3,7H2,1-2H3,(H,16,17). The number of sulfone groups is 1. The molecular weight excluding hydrogens is 296 g/mol. The number of carboxylic acid groups (broad SMARTS) is 1. The first-order chi connectivity index (χ1) is 9.85. The lowest BCUT2D eigenvalue weighted by Crippen LogP contribution is -2.11. The van der Waals surface area contributed by atoms with E-state index in [-0.39, 0.29) is 21.9 Å². The summed E-state index contributed by atoms with van der Waals surface area (Å²) in [5, 5.41) is 16.1. The van der Waals surface area contributed by atoms with Crippen LogP contribution in [0.25, 0.3) is 0 Å². The molecule has 0 bridgehead atoms. The minimum atomic E-state index is -3.73. The Bertz CT molecular complexity index is 780. The highest BCUT2D eigenvalue weighted by molar-refractivity contribution is 7.90. The molecule has 1 aromatic carbocycles. The lowest BCUT2D eigenvalue weighted by Gasteiger charge is -2.09. The van der Waals surface area contributed by atoms with E-state index in [2.05, 4.69) is 14.9 Å². The van der Waals surface area contributed by atoms with E-state index >= 15 is 0 Å². The van der Waals surface area contributed by atoms with Crippen molar-refractivity contribution in [2.45, 2.75) is 30.9 Å². The molecular formula is C13H14N2O5S. The predicted molar refractivity (Wildman–Crippen MR) is 72.7 cm³/mol. The van der Waals surface area contributed by atoms with Crippen LogP contribution < -0.4 is 0 Å². The number of carboxylic acids is 1. The fraction of sp³-hybridized carbons (Fsp3) is 0.308. The number of hydrogen-bond acceptors (Lipinski definition) is 6. The van der Waals surface area contributed by atoms with Gasteiger partial charge in [0.15, 0.2) is 9.84 Å². The summed E-state index contributed by atoms with van der Waals surface area (Å²) >= 11 is 0. The molecule has 7 nitrogen and oxygen atoms in total. The molecule has 0 aliphatic rings. The van der Waals surface area contributed by atoms with Gasteiger partial charge in [-0.25, -0.2) is 17.8 Å². The van der Waals surface area contributed by atoms with Crippen molar-refractivity contribution in [3.63, 3.8) is 0 Å². The second-order valence-electron chi connectivity index (χ2n) is 4.54. The van der Waals surface area contributed by atoms with Crippen LogP contribution in [0.15, 0.2) is 27.7 Å². The molecule has 2 rings (SSSR count). The van der Waals surface area contributed by atoms with Crippen molar-refractivity contribution in [2.75, 3.05) is 0 Å². The Kier molecular flexibility index (Phi) is 4.08. The van der Waals surface area contributed by atoms with Crippen molar-refractivity contribution in [2.24, 2.45) is 0 Å². The first-order valence-corrected chi connectivity index (χ1v) is 7.87. The van der Waals surface area contributed by atoms with Gasteiger partial charge in [-0.05, 0) is 31.0 Å². The number of nitrogens with zero attached hydrogens (tertiary/aromatic N) is 2. The summed E-state index contributed by atoms with van der Waals surface area (Å²) in [4.78, 5) is 11.0. The van der Waals surface area contributed by atoms with Crippen LogP contribution in [-0.2, 0) is 22.0 Å². The largest absolute Gasteiger partial charge is 0.478 e. The summed E-state index contributed by atoms with van der Waals surface area (Å²) in [7, 11) is -3.73. The summed E-state index contributed by atoms with van der Waals surface area (Å²) in [6, 6.07) is 4.09. The monoisotopic (exact) mass is 310 g/mol. The topological polar surface area (TPSA) is 110 Å². The second-order valence-corrected chi connectivity index (χ2v) is 6.49. The number of aromatic carboxylic acids is 1. The van der Waals surface area contributed by atoms with Crippen LogP contribution in [0.1, 0.15) is 34.2 Å². The quantitative estimate of drug-likeness (QED) is 0.893. The maximum Gasteiger partial charge on any atom is 0.335 e. The third kappa shape index (κ3) is 3.10. The molecule has 0 aliphatic carbocycles. The van der Waals surface area contributed by atoms with Crippen LogP contribution in [-0.4, -0.2) is 29.8 Å². The number of aryl methyl sites for hydroxylation is 2. The smallest absolute Gasteiger partial charge is 0.335 e. The Balaban J connectivity index is 2.50. The van der Waals surface area contributed by atoms with Gasteiger partial charge in [-0.3, -0.25) is 0 Å². The van der Waals surface area contributed by atoms with Crippen LogP contribution in [0.5, 0.6) is 0 Å². The van der Waals surface area contributed by atoms with Gasteiger partial charge in [0.2, 0.25) is 0 Å². The highest BCUT2D eigenvalue weighted by atomic mass is 32.2. The SMILES string of the molecule is CCc1ccc(C(=O)O)cc1S(=O)(=O)Cc1nonc1C. The van der Waals surface area contributed by atoms with Crippen molar-refractivity contribution >= 4 is 15.8 Å². The molecule has 2 aromatic rings. The van der Waals surface area contributed by atoms with E-state index in [4.69, 9.17) is 5.11 Å². The molecule has 21 heavy (non-hydrogen) atoms. The third-order valence-electron chi connectivity index (χ3n) is 3.10. The maximum absolute atomic E-state index is 12.5. The molecule has 0 saturated carbocycles. The number of carbonyl (C=O) groups is 1. The van der Waals surface area contributed by atoms with Gasteiger partial charge in [0, 0.05) is 0 Å². The zero-order valence-electron chi connectivity index (χ0n) is 11.5. The molecule has 0 saturated heterocycles. The molecule has 0 spiro atoms. The fourth-order valence-electron chi connectivity index (χ4n) is 1.91. The van der Waals surface area contributed by atoms with Gasteiger partial charge in [-0.2, -0.15) is 0 Å². The number of aromatic nitrogens is 2. The van der Waals surface area contributed by atoms with Crippen molar-refractivity contribution < 1.29 is 22.9 Å². The van der Waals surface area contributed by atoms with Gasteiger partial charge in [0.1, 0.15) is 17.1 Å². The molecule has 1 N–H and O–H groups in total. The zero-order chi connectivity index (χ0) is 15.6. The molecule has 0 atom stereocenters. The minimum Gasteiger partial charge on any atom is -0.478 e. The van der Waals surface area contributed by atoms with Crippen LogP contribution in [0.3, 0.4) is 0 Å². The average Bonchev–Trinajstić information content (AvgIpc) is 2.82. The van der Waals surface area contributed by atoms with Crippen molar-refractivity contribution in [1.82, 2.24) is 10.3 Å². The fourth-order valence-corrected chi connectivity index (χ4v) is 3.60. The molecule has 0 fully saturated rings. The van der Waals surface area contributed by atoms with E-state index in [0.29, 0.717) is 17.7 Å². The van der Waals surface area contributed by atoms with Gasteiger partial charge in [-0.15, -0.1) is 0 Å². The van der Waals surface area contributed by atoms with E-state index in [1.165, 1.54) is 18.2 Å². The van der Waals surface area contributed by atoms with Gasteiger partial charge >= 0.3 is 5.97 Å². The normalized spacial score (nSPS) is 11.5. The Morgan fingerprint density at radius 1 is 1.33 bits per heavy atom. The number of rotatable bonds is 5. The average molecular weight is 310 g/mol. The van der Waals surface area contributed by atoms with Gasteiger partial charge < -0.3 is 5.11 Å². The molecule has 0 radical (unpaired) electrons. The zero-order valence-corrected chi connectivity index (χ0v) is 12.3. The van der Waals surface area contributed by atoms with Gasteiger partial charge in [0.25, 0.3) is 0 Å². The molecule has 0 amide bonds. The third-order valence-corrected chi connectivity index (χ3v) is 4.81. The maximum atomic E-state index is 12.5. The van der Waals surface area contributed by atoms with E-state index in [0.717, 1.165) is 0 Å². The van der Waals surface area contributed by atoms with E-state index < -0.39 is 15.8 Å². The van der Waals surface area contributed by atoms with Crippen molar-refractivity contribution in [3.05, 3.63) is 40.7 Å². The molecule has 0 aliphatic heterocycles. The summed E-state index contributed by atoms with van der Waals surface area (Å²) in [5.41, 5.74) is 1.11. The first-order valence-electron chi connectivity index (χ1n) is 6.22. The van der Waals surface area contributed by atoms with Crippen molar-refractivity contribution in [1.29, 1.82) is 0 Å². The highest BCUT2D eigenvalue weighted by Gasteiger charge is 2.23.